The van der Waals surface area contributed by atoms with Crippen molar-refractivity contribution in [2.45, 2.75) is 25.9 Å². The number of nitrogens with one attached hydrogen (secondary N) is 1. The van der Waals surface area contributed by atoms with Gasteiger partial charge in [0.1, 0.15) is 5.75 Å². The Balaban J connectivity index is 2.28. The molecule has 0 radical (unpaired) electrons. The lowest BCUT2D eigenvalue weighted by Crippen LogP contribution is -2.42. The van der Waals surface area contributed by atoms with Crippen LogP contribution in [0.2, 0.25) is 0 Å². The number of hydrogen-bond acceptors (Lipinski definition) is 4. The first-order chi connectivity index (χ1) is 9.43. The molecule has 2 N–H and O–H groups in total. The number of carbonyl (C=O) groups is 1. The van der Waals surface area contributed by atoms with E-state index >= 15 is 0 Å². The topological polar surface area (TPSA) is 67.8 Å². The molecule has 112 valence electrons. The molecular weight excluding hydrogens is 258 g/mol. The molecular formula is C15H23NO4. The van der Waals surface area contributed by atoms with Crippen molar-refractivity contribution >= 4 is 5.91 Å². The van der Waals surface area contributed by atoms with Crippen LogP contribution in [0.25, 0.3) is 0 Å². The average Bonchev–Trinajstić information content (AvgIpc) is 2.42. The van der Waals surface area contributed by atoms with Crippen molar-refractivity contribution in [1.29, 1.82) is 0 Å². The molecule has 1 aromatic carbocycles. The quantitative estimate of drug-likeness (QED) is 0.753. The average molecular weight is 281 g/mol. The summed E-state index contributed by atoms with van der Waals surface area (Å²) in [4.78, 5) is 11.6. The van der Waals surface area contributed by atoms with Gasteiger partial charge >= 0.3 is 0 Å². The van der Waals surface area contributed by atoms with E-state index in [9.17, 15) is 9.90 Å². The summed E-state index contributed by atoms with van der Waals surface area (Å²) in [5.74, 6) is 0.389. The van der Waals surface area contributed by atoms with Gasteiger partial charge in [-0.15, -0.1) is 0 Å². The molecule has 0 aromatic heterocycles. The molecule has 1 rings (SSSR count). The highest BCUT2D eigenvalue weighted by atomic mass is 16.5. The van der Waals surface area contributed by atoms with Crippen LogP contribution in [0.1, 0.15) is 18.9 Å². The lowest BCUT2D eigenvalue weighted by Gasteiger charge is -2.23. The van der Waals surface area contributed by atoms with Crippen LogP contribution < -0.4 is 10.1 Å². The second kappa shape index (κ2) is 7.87. The summed E-state index contributed by atoms with van der Waals surface area (Å²) >= 11 is 0. The number of hydrogen-bond donors (Lipinski definition) is 2. The summed E-state index contributed by atoms with van der Waals surface area (Å²) in [7, 11) is 1.57. The van der Waals surface area contributed by atoms with E-state index in [2.05, 4.69) is 5.32 Å². The number of rotatable bonds is 8. The number of carbonyl (C=O) groups excluding carboxylic acids is 1. The maximum atomic E-state index is 11.6. The van der Waals surface area contributed by atoms with E-state index in [4.69, 9.17) is 9.47 Å². The second-order valence-corrected chi connectivity index (χ2v) is 5.12. The minimum Gasteiger partial charge on any atom is -0.484 e. The minimum atomic E-state index is -0.977. The van der Waals surface area contributed by atoms with Crippen LogP contribution in [0.3, 0.4) is 0 Å². The predicted octanol–water partition coefficient (Wildman–Crippen LogP) is 1.28. The first kappa shape index (κ1) is 16.5. The van der Waals surface area contributed by atoms with Gasteiger partial charge in [-0.2, -0.15) is 0 Å². The van der Waals surface area contributed by atoms with Gasteiger partial charge in [-0.05, 0) is 26.0 Å². The summed E-state index contributed by atoms with van der Waals surface area (Å²) < 4.78 is 10.3. The van der Waals surface area contributed by atoms with Crippen molar-refractivity contribution in [3.63, 3.8) is 0 Å². The molecule has 0 aliphatic heterocycles. The van der Waals surface area contributed by atoms with Gasteiger partial charge in [0.15, 0.2) is 6.61 Å². The fourth-order valence-corrected chi connectivity index (χ4v) is 1.53. The van der Waals surface area contributed by atoms with Gasteiger partial charge in [-0.3, -0.25) is 4.79 Å². The minimum absolute atomic E-state index is 0.0661. The van der Waals surface area contributed by atoms with Crippen LogP contribution in [0.5, 0.6) is 5.75 Å². The van der Waals surface area contributed by atoms with Crippen LogP contribution in [0, 0.1) is 6.92 Å². The Morgan fingerprint density at radius 3 is 2.60 bits per heavy atom. The molecule has 1 unspecified atom stereocenters. The molecule has 0 bridgehead atoms. The largest absolute Gasteiger partial charge is 0.484 e. The molecule has 0 aliphatic carbocycles. The van der Waals surface area contributed by atoms with Crippen LogP contribution >= 0.6 is 0 Å². The summed E-state index contributed by atoms with van der Waals surface area (Å²) in [5.41, 5.74) is 0.159. The molecule has 1 aromatic rings. The third-order valence-electron chi connectivity index (χ3n) is 2.90. The second-order valence-electron chi connectivity index (χ2n) is 5.12. The fraction of sp³-hybridized carbons (Fsp3) is 0.533. The zero-order valence-electron chi connectivity index (χ0n) is 12.3. The lowest BCUT2D eigenvalue weighted by atomic mass is 10.0. The van der Waals surface area contributed by atoms with Crippen molar-refractivity contribution in [2.24, 2.45) is 0 Å². The SMILES string of the molecule is COCCC(C)(O)CNC(=O)COc1ccc(C)cc1. The van der Waals surface area contributed by atoms with Gasteiger partial charge < -0.3 is 19.9 Å². The van der Waals surface area contributed by atoms with Gasteiger partial charge in [0.2, 0.25) is 0 Å². The molecule has 0 saturated carbocycles. The summed E-state index contributed by atoms with van der Waals surface area (Å²) in [6, 6.07) is 7.47. The molecule has 0 spiro atoms. The summed E-state index contributed by atoms with van der Waals surface area (Å²) in [6.45, 7) is 4.20. The van der Waals surface area contributed by atoms with Gasteiger partial charge in [-0.1, -0.05) is 17.7 Å². The Kier molecular flexibility index (Phi) is 6.48. The predicted molar refractivity (Wildman–Crippen MR) is 76.8 cm³/mol. The normalized spacial score (nSPS) is 13.6. The van der Waals surface area contributed by atoms with Crippen molar-refractivity contribution < 1.29 is 19.4 Å². The zero-order valence-corrected chi connectivity index (χ0v) is 12.3. The maximum absolute atomic E-state index is 11.6. The van der Waals surface area contributed by atoms with E-state index in [1.165, 1.54) is 0 Å². The van der Waals surface area contributed by atoms with Crippen LogP contribution in [0.4, 0.5) is 0 Å². The number of ether oxygens (including phenoxy) is 2. The van der Waals surface area contributed by atoms with Crippen LogP contribution in [-0.4, -0.2) is 43.5 Å². The molecule has 0 saturated heterocycles. The van der Waals surface area contributed by atoms with Gasteiger partial charge in [0.05, 0.1) is 5.60 Å². The van der Waals surface area contributed by atoms with Crippen molar-refractivity contribution in [1.82, 2.24) is 5.32 Å². The number of amides is 1. The van der Waals surface area contributed by atoms with Crippen molar-refractivity contribution in [2.75, 3.05) is 26.9 Å². The number of benzene rings is 1. The molecule has 1 atom stereocenters. The Hall–Kier alpha value is -1.59. The molecule has 0 aliphatic rings. The molecule has 0 heterocycles. The zero-order chi connectivity index (χ0) is 15.0. The number of methoxy groups -OCH3 is 1. The Labute approximate surface area is 119 Å². The van der Waals surface area contributed by atoms with Crippen molar-refractivity contribution in [3.8, 4) is 5.75 Å². The smallest absolute Gasteiger partial charge is 0.258 e. The van der Waals surface area contributed by atoms with E-state index < -0.39 is 5.60 Å². The third kappa shape index (κ3) is 6.54. The van der Waals surface area contributed by atoms with Crippen LogP contribution in [0.15, 0.2) is 24.3 Å². The van der Waals surface area contributed by atoms with Gasteiger partial charge in [0, 0.05) is 26.7 Å². The summed E-state index contributed by atoms with van der Waals surface area (Å²) in [5, 5.41) is 12.6. The fourth-order valence-electron chi connectivity index (χ4n) is 1.53. The monoisotopic (exact) mass is 281 g/mol. The molecule has 20 heavy (non-hydrogen) atoms. The highest BCUT2D eigenvalue weighted by Gasteiger charge is 2.20. The number of aryl methyl sites for hydroxylation is 1. The van der Waals surface area contributed by atoms with Crippen LogP contribution in [-0.2, 0) is 9.53 Å². The van der Waals surface area contributed by atoms with Crippen molar-refractivity contribution in [3.05, 3.63) is 29.8 Å². The van der Waals surface area contributed by atoms with E-state index in [0.717, 1.165) is 5.56 Å². The molecule has 0 fully saturated rings. The Bertz CT molecular complexity index is 414. The lowest BCUT2D eigenvalue weighted by molar-refractivity contribution is -0.124. The molecule has 5 nitrogen and oxygen atoms in total. The highest BCUT2D eigenvalue weighted by Crippen LogP contribution is 2.11. The highest BCUT2D eigenvalue weighted by molar-refractivity contribution is 5.77. The van der Waals surface area contributed by atoms with E-state index in [-0.39, 0.29) is 19.1 Å². The molecule has 5 heteroatoms. The van der Waals surface area contributed by atoms with Gasteiger partial charge in [0.25, 0.3) is 5.91 Å². The van der Waals surface area contributed by atoms with E-state index in [0.29, 0.717) is 18.8 Å². The number of aliphatic hydroxyl groups is 1. The molecule has 1 amide bonds. The summed E-state index contributed by atoms with van der Waals surface area (Å²) in [6.07, 6.45) is 0.461. The Morgan fingerprint density at radius 2 is 2.00 bits per heavy atom. The maximum Gasteiger partial charge on any atom is 0.258 e. The third-order valence-corrected chi connectivity index (χ3v) is 2.90. The van der Waals surface area contributed by atoms with Gasteiger partial charge in [-0.25, -0.2) is 0 Å². The first-order valence-corrected chi connectivity index (χ1v) is 6.60. The first-order valence-electron chi connectivity index (χ1n) is 6.60. The Morgan fingerprint density at radius 1 is 1.35 bits per heavy atom. The van der Waals surface area contributed by atoms with E-state index in [1.54, 1.807) is 14.0 Å². The van der Waals surface area contributed by atoms with E-state index in [1.807, 2.05) is 31.2 Å². The standard InChI is InChI=1S/C15H23NO4/c1-12-4-6-13(7-5-12)20-10-14(17)16-11-15(2,18)8-9-19-3/h4-7,18H,8-11H2,1-3H3,(H,16,17).